The van der Waals surface area contributed by atoms with Crippen molar-refractivity contribution in [3.63, 3.8) is 0 Å². The van der Waals surface area contributed by atoms with Gasteiger partial charge >= 0.3 is 0 Å². The van der Waals surface area contributed by atoms with Gasteiger partial charge in [-0.1, -0.05) is 12.2 Å². The van der Waals surface area contributed by atoms with E-state index >= 15 is 0 Å². The Kier molecular flexibility index (Phi) is 8.12. The summed E-state index contributed by atoms with van der Waals surface area (Å²) in [5.41, 5.74) is 1.23. The van der Waals surface area contributed by atoms with E-state index in [2.05, 4.69) is 32.9 Å². The smallest absolute Gasteiger partial charge is 0.233 e. The molecule has 8 nitrogen and oxygen atoms in total. The van der Waals surface area contributed by atoms with E-state index in [-0.39, 0.29) is 59.5 Å². The lowest BCUT2D eigenvalue weighted by atomic mass is 9.85. The van der Waals surface area contributed by atoms with Gasteiger partial charge in [-0.25, -0.2) is 0 Å². The Hall–Kier alpha value is -1.91. The molecule has 3 aliphatic rings. The molecule has 2 bridgehead atoms. The number of rotatable bonds is 9. The van der Waals surface area contributed by atoms with Crippen LogP contribution in [-0.2, 0) is 23.1 Å². The Labute approximate surface area is 200 Å². The standard InChI is InChI=1S/C22H32N6O2.HI/c1-3-23-22(24-9-4-6-15-13-26-27(2)14-15)25-10-5-11-28-20(29)18-16-7-8-17(12-16)19(18)21(28)30;/h7-8,13-14,16-19H,3-6,9-12H2,1-2H3,(H2,23,24,25);1H. The van der Waals surface area contributed by atoms with Crippen molar-refractivity contribution in [1.82, 2.24) is 25.3 Å². The summed E-state index contributed by atoms with van der Waals surface area (Å²) in [6, 6.07) is 0. The number of aromatic nitrogens is 2. The summed E-state index contributed by atoms with van der Waals surface area (Å²) in [4.78, 5) is 31.5. The SMILES string of the molecule is CCNC(=NCCCN1C(=O)C2C3C=CC(C3)C2C1=O)NCCCc1cnn(C)c1.I. The molecule has 2 fully saturated rings. The zero-order valence-corrected chi connectivity index (χ0v) is 20.6. The first-order chi connectivity index (χ1) is 14.6. The molecule has 1 saturated heterocycles. The lowest BCUT2D eigenvalue weighted by molar-refractivity contribution is -0.140. The van der Waals surface area contributed by atoms with Gasteiger partial charge in [-0.2, -0.15) is 5.10 Å². The number of imide groups is 1. The molecule has 2 aliphatic carbocycles. The second-order valence-corrected chi connectivity index (χ2v) is 8.49. The van der Waals surface area contributed by atoms with Gasteiger partial charge in [0.1, 0.15) is 0 Å². The Balaban J connectivity index is 0.00000272. The predicted molar refractivity (Wildman–Crippen MR) is 130 cm³/mol. The first-order valence-corrected chi connectivity index (χ1v) is 11.1. The molecule has 2 amide bonds. The fourth-order valence-corrected chi connectivity index (χ4v) is 5.05. The van der Waals surface area contributed by atoms with E-state index in [4.69, 9.17) is 0 Å². The minimum atomic E-state index is -0.102. The first kappa shape index (κ1) is 23.7. The number of nitrogens with one attached hydrogen (secondary N) is 2. The highest BCUT2D eigenvalue weighted by Gasteiger charge is 2.58. The number of fused-ring (bicyclic) bond motifs is 5. The molecule has 1 aromatic heterocycles. The van der Waals surface area contributed by atoms with Gasteiger partial charge in [0, 0.05) is 39.4 Å². The predicted octanol–water partition coefficient (Wildman–Crippen LogP) is 1.72. The summed E-state index contributed by atoms with van der Waals surface area (Å²) in [6.07, 6.45) is 11.8. The van der Waals surface area contributed by atoms with E-state index < -0.39 is 0 Å². The van der Waals surface area contributed by atoms with Crippen LogP contribution in [0.3, 0.4) is 0 Å². The second-order valence-electron chi connectivity index (χ2n) is 8.49. The van der Waals surface area contributed by atoms with Gasteiger partial charge < -0.3 is 10.6 Å². The van der Waals surface area contributed by atoms with E-state index in [1.807, 2.05) is 31.0 Å². The molecule has 4 atom stereocenters. The Morgan fingerprint density at radius 2 is 1.87 bits per heavy atom. The number of carbonyl (C=O) groups is 2. The number of aliphatic imine (C=N–C) groups is 1. The second kappa shape index (κ2) is 10.6. The fourth-order valence-electron chi connectivity index (χ4n) is 5.05. The number of aryl methyl sites for hydroxylation is 2. The van der Waals surface area contributed by atoms with Crippen molar-refractivity contribution in [3.05, 3.63) is 30.1 Å². The van der Waals surface area contributed by atoms with Crippen LogP contribution in [0.25, 0.3) is 0 Å². The number of allylic oxidation sites excluding steroid dienone is 2. The van der Waals surface area contributed by atoms with Crippen molar-refractivity contribution >= 4 is 41.8 Å². The van der Waals surface area contributed by atoms with E-state index in [0.717, 1.165) is 38.3 Å². The van der Waals surface area contributed by atoms with Gasteiger partial charge in [0.15, 0.2) is 5.96 Å². The van der Waals surface area contributed by atoms with E-state index in [1.54, 1.807) is 0 Å². The van der Waals surface area contributed by atoms with Gasteiger partial charge in [0.05, 0.1) is 18.0 Å². The van der Waals surface area contributed by atoms with Crippen molar-refractivity contribution in [2.45, 2.75) is 32.6 Å². The van der Waals surface area contributed by atoms with Crippen LogP contribution in [0.1, 0.15) is 31.7 Å². The molecule has 1 saturated carbocycles. The number of amides is 2. The molecule has 9 heteroatoms. The van der Waals surface area contributed by atoms with Gasteiger partial charge in [0.2, 0.25) is 11.8 Å². The molecular formula is C22H33IN6O2. The summed E-state index contributed by atoms with van der Waals surface area (Å²) in [5, 5.41) is 10.8. The molecule has 4 rings (SSSR count). The molecule has 2 heterocycles. The van der Waals surface area contributed by atoms with Crippen LogP contribution in [0.15, 0.2) is 29.5 Å². The molecular weight excluding hydrogens is 507 g/mol. The minimum Gasteiger partial charge on any atom is -0.357 e. The third kappa shape index (κ3) is 5.12. The topological polar surface area (TPSA) is 91.6 Å². The van der Waals surface area contributed by atoms with Crippen molar-refractivity contribution in [1.29, 1.82) is 0 Å². The van der Waals surface area contributed by atoms with E-state index in [0.29, 0.717) is 19.5 Å². The summed E-state index contributed by atoms with van der Waals surface area (Å²) >= 11 is 0. The quantitative estimate of drug-likeness (QED) is 0.124. The highest BCUT2D eigenvalue weighted by atomic mass is 127. The zero-order chi connectivity index (χ0) is 21.1. The number of carbonyl (C=O) groups excluding carboxylic acids is 2. The molecule has 1 aliphatic heterocycles. The van der Waals surface area contributed by atoms with Gasteiger partial charge in [0.25, 0.3) is 0 Å². The van der Waals surface area contributed by atoms with Crippen LogP contribution in [-0.4, -0.2) is 58.6 Å². The molecule has 31 heavy (non-hydrogen) atoms. The molecule has 1 aromatic rings. The molecule has 0 spiro atoms. The van der Waals surface area contributed by atoms with Crippen LogP contribution < -0.4 is 10.6 Å². The number of likely N-dealkylation sites (tertiary alicyclic amines) is 1. The maximum atomic E-state index is 12.7. The molecule has 0 aromatic carbocycles. The van der Waals surface area contributed by atoms with Crippen LogP contribution in [0.4, 0.5) is 0 Å². The van der Waals surface area contributed by atoms with Crippen LogP contribution in [0, 0.1) is 23.7 Å². The van der Waals surface area contributed by atoms with Crippen LogP contribution in [0.5, 0.6) is 0 Å². The Bertz CT molecular complexity index is 821. The van der Waals surface area contributed by atoms with E-state index in [9.17, 15) is 9.59 Å². The van der Waals surface area contributed by atoms with Crippen molar-refractivity contribution in [3.8, 4) is 0 Å². The number of hydrogen-bond donors (Lipinski definition) is 2. The summed E-state index contributed by atoms with van der Waals surface area (Å²) in [5.74, 6) is 1.19. The van der Waals surface area contributed by atoms with Crippen LogP contribution >= 0.6 is 24.0 Å². The monoisotopic (exact) mass is 540 g/mol. The number of hydrogen-bond acceptors (Lipinski definition) is 4. The number of guanidine groups is 1. The minimum absolute atomic E-state index is 0. The third-order valence-electron chi connectivity index (χ3n) is 6.41. The lowest BCUT2D eigenvalue weighted by Gasteiger charge is -2.17. The summed E-state index contributed by atoms with van der Waals surface area (Å²) < 4.78 is 1.82. The Morgan fingerprint density at radius 3 is 2.48 bits per heavy atom. The molecule has 2 N–H and O–H groups in total. The average Bonchev–Trinajstić information content (AvgIpc) is 3.49. The lowest BCUT2D eigenvalue weighted by Crippen LogP contribution is -2.38. The normalized spacial score (nSPS) is 26.4. The third-order valence-corrected chi connectivity index (χ3v) is 6.41. The zero-order valence-electron chi connectivity index (χ0n) is 18.3. The van der Waals surface area contributed by atoms with Crippen LogP contribution in [0.2, 0.25) is 0 Å². The summed E-state index contributed by atoms with van der Waals surface area (Å²) in [7, 11) is 1.93. The van der Waals surface area contributed by atoms with Crippen molar-refractivity contribution in [2.24, 2.45) is 35.7 Å². The van der Waals surface area contributed by atoms with E-state index in [1.165, 1.54) is 10.5 Å². The molecule has 0 radical (unpaired) electrons. The van der Waals surface area contributed by atoms with Gasteiger partial charge in [-0.3, -0.25) is 24.2 Å². The Morgan fingerprint density at radius 1 is 1.16 bits per heavy atom. The maximum absolute atomic E-state index is 12.7. The van der Waals surface area contributed by atoms with Gasteiger partial charge in [-0.15, -0.1) is 24.0 Å². The first-order valence-electron chi connectivity index (χ1n) is 11.1. The largest absolute Gasteiger partial charge is 0.357 e. The molecule has 4 unspecified atom stereocenters. The maximum Gasteiger partial charge on any atom is 0.233 e. The summed E-state index contributed by atoms with van der Waals surface area (Å²) in [6.45, 7) is 4.69. The highest BCUT2D eigenvalue weighted by molar-refractivity contribution is 14.0. The molecule has 170 valence electrons. The number of nitrogens with zero attached hydrogens (tertiary/aromatic N) is 4. The van der Waals surface area contributed by atoms with Gasteiger partial charge in [-0.05, 0) is 50.0 Å². The average molecular weight is 540 g/mol. The van der Waals surface area contributed by atoms with Crippen molar-refractivity contribution in [2.75, 3.05) is 26.2 Å². The number of halogens is 1. The highest BCUT2D eigenvalue weighted by Crippen LogP contribution is 2.52. The van der Waals surface area contributed by atoms with Crippen molar-refractivity contribution < 1.29 is 9.59 Å². The fraction of sp³-hybridized carbons (Fsp3) is 0.636.